The molecule has 0 aliphatic carbocycles. The highest BCUT2D eigenvalue weighted by Crippen LogP contribution is 2.22. The zero-order valence-corrected chi connectivity index (χ0v) is 13.0. The van der Waals surface area contributed by atoms with Crippen LogP contribution in [0.4, 0.5) is 0 Å². The zero-order valence-electron chi connectivity index (χ0n) is 11.4. The lowest BCUT2D eigenvalue weighted by atomic mass is 10.3. The molecule has 1 aromatic heterocycles. The lowest BCUT2D eigenvalue weighted by molar-refractivity contribution is -0.139. The van der Waals surface area contributed by atoms with Gasteiger partial charge in [-0.25, -0.2) is 0 Å². The number of amides is 2. The second kappa shape index (κ2) is 7.06. The second-order valence-electron chi connectivity index (χ2n) is 4.67. The molecule has 20 heavy (non-hydrogen) atoms. The van der Waals surface area contributed by atoms with Crippen molar-refractivity contribution in [2.45, 2.75) is 13.5 Å². The standard InChI is InChI=1S/C13H18ClN3O2S/c1-2-16(7-10-3-4-11(14)20-10)9-13(19)17-6-5-15-12(18)8-17/h3-4H,2,5-9H2,1H3,(H,15,18). The molecule has 5 nitrogen and oxygen atoms in total. The molecule has 7 heteroatoms. The van der Waals surface area contributed by atoms with Crippen molar-refractivity contribution in [3.05, 3.63) is 21.3 Å². The Morgan fingerprint density at radius 3 is 2.95 bits per heavy atom. The summed E-state index contributed by atoms with van der Waals surface area (Å²) < 4.78 is 0.759. The van der Waals surface area contributed by atoms with E-state index in [1.807, 2.05) is 19.1 Å². The van der Waals surface area contributed by atoms with Crippen LogP contribution in [0.3, 0.4) is 0 Å². The summed E-state index contributed by atoms with van der Waals surface area (Å²) in [5.74, 6) is -0.0814. The van der Waals surface area contributed by atoms with Crippen LogP contribution in [-0.4, -0.2) is 54.3 Å². The van der Waals surface area contributed by atoms with E-state index in [4.69, 9.17) is 11.6 Å². The fourth-order valence-corrected chi connectivity index (χ4v) is 3.21. The zero-order chi connectivity index (χ0) is 14.5. The summed E-state index contributed by atoms with van der Waals surface area (Å²) in [5, 5.41) is 2.72. The Morgan fingerprint density at radius 1 is 1.55 bits per heavy atom. The predicted molar refractivity (Wildman–Crippen MR) is 79.9 cm³/mol. The van der Waals surface area contributed by atoms with Gasteiger partial charge in [0.25, 0.3) is 0 Å². The smallest absolute Gasteiger partial charge is 0.239 e. The maximum absolute atomic E-state index is 12.2. The lowest BCUT2D eigenvalue weighted by Crippen LogP contribution is -2.52. The summed E-state index contributed by atoms with van der Waals surface area (Å²) in [4.78, 5) is 28.3. The van der Waals surface area contributed by atoms with Gasteiger partial charge in [0.15, 0.2) is 0 Å². The van der Waals surface area contributed by atoms with E-state index >= 15 is 0 Å². The van der Waals surface area contributed by atoms with Crippen LogP contribution in [-0.2, 0) is 16.1 Å². The van der Waals surface area contributed by atoms with Crippen molar-refractivity contribution < 1.29 is 9.59 Å². The van der Waals surface area contributed by atoms with Gasteiger partial charge in [0.05, 0.1) is 17.4 Å². The van der Waals surface area contributed by atoms with E-state index in [0.717, 1.165) is 15.8 Å². The van der Waals surface area contributed by atoms with Crippen LogP contribution in [0.25, 0.3) is 0 Å². The number of nitrogens with zero attached hydrogens (tertiary/aromatic N) is 2. The molecule has 2 amide bonds. The Labute approximate surface area is 127 Å². The Bertz CT molecular complexity index is 492. The highest BCUT2D eigenvalue weighted by atomic mass is 35.5. The van der Waals surface area contributed by atoms with E-state index in [2.05, 4.69) is 10.2 Å². The Kier molecular flexibility index (Phi) is 5.39. The summed E-state index contributed by atoms with van der Waals surface area (Å²) in [6.07, 6.45) is 0. The van der Waals surface area contributed by atoms with E-state index in [1.165, 1.54) is 11.3 Å². The van der Waals surface area contributed by atoms with E-state index in [9.17, 15) is 9.59 Å². The summed E-state index contributed by atoms with van der Waals surface area (Å²) >= 11 is 7.44. The van der Waals surface area contributed by atoms with Gasteiger partial charge in [0.2, 0.25) is 11.8 Å². The Morgan fingerprint density at radius 2 is 2.35 bits per heavy atom. The average molecular weight is 316 g/mol. The molecule has 1 aliphatic rings. The van der Waals surface area contributed by atoms with Crippen LogP contribution in [0.2, 0.25) is 4.34 Å². The molecule has 110 valence electrons. The first-order valence-electron chi connectivity index (χ1n) is 6.59. The van der Waals surface area contributed by atoms with Crippen molar-refractivity contribution in [1.82, 2.24) is 15.1 Å². The fourth-order valence-electron chi connectivity index (χ4n) is 2.08. The molecular formula is C13H18ClN3O2S. The number of carbonyl (C=O) groups is 2. The topological polar surface area (TPSA) is 52.7 Å². The molecule has 0 radical (unpaired) electrons. The molecule has 0 aromatic carbocycles. The van der Waals surface area contributed by atoms with Gasteiger partial charge >= 0.3 is 0 Å². The number of hydrogen-bond acceptors (Lipinski definition) is 4. The van der Waals surface area contributed by atoms with Crippen LogP contribution in [0.5, 0.6) is 0 Å². The monoisotopic (exact) mass is 315 g/mol. The van der Waals surface area contributed by atoms with E-state index in [-0.39, 0.29) is 18.4 Å². The third-order valence-corrected chi connectivity index (χ3v) is 4.42. The minimum Gasteiger partial charge on any atom is -0.353 e. The maximum atomic E-state index is 12.2. The molecule has 2 rings (SSSR count). The number of piperazine rings is 1. The van der Waals surface area contributed by atoms with Crippen molar-refractivity contribution in [3.63, 3.8) is 0 Å². The molecule has 0 bridgehead atoms. The van der Waals surface area contributed by atoms with E-state index < -0.39 is 0 Å². The number of nitrogens with one attached hydrogen (secondary N) is 1. The van der Waals surface area contributed by atoms with Crippen molar-refractivity contribution in [2.24, 2.45) is 0 Å². The number of rotatable bonds is 5. The van der Waals surface area contributed by atoms with Gasteiger partial charge in [-0.15, -0.1) is 11.3 Å². The molecule has 0 atom stereocenters. The summed E-state index contributed by atoms with van der Waals surface area (Å²) in [6.45, 7) is 5.14. The highest BCUT2D eigenvalue weighted by Gasteiger charge is 2.22. The number of likely N-dealkylation sites (N-methyl/N-ethyl adjacent to an activating group) is 1. The molecule has 1 saturated heterocycles. The van der Waals surface area contributed by atoms with Crippen molar-refractivity contribution in [1.29, 1.82) is 0 Å². The SMILES string of the molecule is CCN(CC(=O)N1CCNC(=O)C1)Cc1ccc(Cl)s1. The predicted octanol–water partition coefficient (Wildman–Crippen LogP) is 1.18. The quantitative estimate of drug-likeness (QED) is 0.888. The van der Waals surface area contributed by atoms with E-state index in [0.29, 0.717) is 26.2 Å². The molecule has 1 aromatic rings. The minimum absolute atomic E-state index is 0.00403. The highest BCUT2D eigenvalue weighted by molar-refractivity contribution is 7.16. The largest absolute Gasteiger partial charge is 0.353 e. The summed E-state index contributed by atoms with van der Waals surface area (Å²) in [6, 6.07) is 3.85. The van der Waals surface area contributed by atoms with Gasteiger partial charge in [-0.05, 0) is 18.7 Å². The number of carbonyl (C=O) groups excluding carboxylic acids is 2. The number of halogens is 1. The van der Waals surface area contributed by atoms with Crippen molar-refractivity contribution >= 4 is 34.8 Å². The number of thiophene rings is 1. The Hall–Kier alpha value is -1.11. The van der Waals surface area contributed by atoms with Crippen LogP contribution in [0.1, 0.15) is 11.8 Å². The van der Waals surface area contributed by atoms with Crippen LogP contribution >= 0.6 is 22.9 Å². The first kappa shape index (κ1) is 15.3. The first-order chi connectivity index (χ1) is 9.58. The maximum Gasteiger partial charge on any atom is 0.239 e. The van der Waals surface area contributed by atoms with E-state index in [1.54, 1.807) is 4.90 Å². The average Bonchev–Trinajstić information content (AvgIpc) is 2.83. The lowest BCUT2D eigenvalue weighted by Gasteiger charge is -2.29. The van der Waals surface area contributed by atoms with Gasteiger partial charge in [0.1, 0.15) is 0 Å². The Balaban J connectivity index is 1.88. The van der Waals surface area contributed by atoms with Gasteiger partial charge < -0.3 is 10.2 Å². The molecule has 0 unspecified atom stereocenters. The fraction of sp³-hybridized carbons (Fsp3) is 0.538. The van der Waals surface area contributed by atoms with Gasteiger partial charge in [-0.1, -0.05) is 18.5 Å². The van der Waals surface area contributed by atoms with Crippen LogP contribution in [0.15, 0.2) is 12.1 Å². The third kappa shape index (κ3) is 4.19. The number of hydrogen-bond donors (Lipinski definition) is 1. The molecule has 0 spiro atoms. The molecule has 1 N–H and O–H groups in total. The minimum atomic E-state index is -0.0855. The molecule has 0 saturated carbocycles. The molecule has 1 aliphatic heterocycles. The molecular weight excluding hydrogens is 298 g/mol. The second-order valence-corrected chi connectivity index (χ2v) is 6.47. The summed E-state index contributed by atoms with van der Waals surface area (Å²) in [7, 11) is 0. The normalized spacial score (nSPS) is 15.6. The first-order valence-corrected chi connectivity index (χ1v) is 7.79. The molecule has 1 fully saturated rings. The summed E-state index contributed by atoms with van der Waals surface area (Å²) in [5.41, 5.74) is 0. The third-order valence-electron chi connectivity index (χ3n) is 3.21. The van der Waals surface area contributed by atoms with Gasteiger partial charge in [0, 0.05) is 24.5 Å². The van der Waals surface area contributed by atoms with Crippen molar-refractivity contribution in [2.75, 3.05) is 32.7 Å². The van der Waals surface area contributed by atoms with Gasteiger partial charge in [-0.2, -0.15) is 0 Å². The van der Waals surface area contributed by atoms with Crippen LogP contribution < -0.4 is 5.32 Å². The van der Waals surface area contributed by atoms with Gasteiger partial charge in [-0.3, -0.25) is 14.5 Å². The van der Waals surface area contributed by atoms with Crippen molar-refractivity contribution in [3.8, 4) is 0 Å². The molecule has 2 heterocycles. The van der Waals surface area contributed by atoms with Crippen LogP contribution in [0, 0.1) is 0 Å².